The van der Waals surface area contributed by atoms with E-state index in [0.29, 0.717) is 57.7 Å². The molecular weight excluding hydrogens is 727 g/mol. The topological polar surface area (TPSA) is 54.1 Å². The lowest BCUT2D eigenvalue weighted by molar-refractivity contribution is 0.405. The SMILES string of the molecule is COc1ccc(OC)c(-c2cc(-n3cc(-c4c(C(C)C)cccc4C(C)C)cn3)ccc2F)c1-c1cc(-n2cc(-c3c(C(C)C)cccc3C(C)C)cn2)ccc1F. The molecule has 0 saturated heterocycles. The zero-order valence-corrected chi connectivity index (χ0v) is 35.1. The summed E-state index contributed by atoms with van der Waals surface area (Å²) < 4.78 is 47.9. The highest BCUT2D eigenvalue weighted by molar-refractivity contribution is 5.93. The van der Waals surface area contributed by atoms with Gasteiger partial charge in [0.25, 0.3) is 0 Å². The van der Waals surface area contributed by atoms with Crippen molar-refractivity contribution in [3.05, 3.63) is 144 Å². The average Bonchev–Trinajstić information content (AvgIpc) is 3.91. The fraction of sp³-hybridized carbons (Fsp3) is 0.280. The Balaban J connectivity index is 1.36. The second-order valence-corrected chi connectivity index (χ2v) is 16.1. The number of ether oxygens (including phenoxy) is 2. The van der Waals surface area contributed by atoms with Crippen LogP contribution in [-0.2, 0) is 0 Å². The van der Waals surface area contributed by atoms with Gasteiger partial charge >= 0.3 is 0 Å². The summed E-state index contributed by atoms with van der Waals surface area (Å²) in [7, 11) is 3.04. The smallest absolute Gasteiger partial charge is 0.131 e. The predicted octanol–water partition coefficient (Wildman–Crippen LogP) is 13.5. The minimum Gasteiger partial charge on any atom is -0.496 e. The maximum Gasteiger partial charge on any atom is 0.131 e. The highest BCUT2D eigenvalue weighted by Gasteiger charge is 2.25. The third kappa shape index (κ3) is 7.44. The van der Waals surface area contributed by atoms with E-state index in [9.17, 15) is 0 Å². The van der Waals surface area contributed by atoms with Gasteiger partial charge < -0.3 is 9.47 Å². The number of hydrogen-bond acceptors (Lipinski definition) is 4. The predicted molar refractivity (Wildman–Crippen MR) is 232 cm³/mol. The molecule has 2 aromatic heterocycles. The molecule has 0 atom stereocenters. The molecule has 0 N–H and O–H groups in total. The largest absolute Gasteiger partial charge is 0.496 e. The zero-order valence-electron chi connectivity index (χ0n) is 35.1. The maximum atomic E-state index is 16.3. The normalized spacial score (nSPS) is 11.7. The molecule has 0 radical (unpaired) electrons. The van der Waals surface area contributed by atoms with Crippen LogP contribution in [0.4, 0.5) is 8.78 Å². The van der Waals surface area contributed by atoms with Crippen molar-refractivity contribution in [2.24, 2.45) is 0 Å². The number of nitrogens with zero attached hydrogens (tertiary/aromatic N) is 4. The molecular formula is C50H52F2N4O2. The van der Waals surface area contributed by atoms with E-state index in [1.165, 1.54) is 59.7 Å². The van der Waals surface area contributed by atoms with Gasteiger partial charge in [-0.3, -0.25) is 0 Å². The number of hydrogen-bond donors (Lipinski definition) is 0. The Kier molecular flexibility index (Phi) is 11.4. The lowest BCUT2D eigenvalue weighted by Gasteiger charge is -2.20. The van der Waals surface area contributed by atoms with Crippen LogP contribution in [0.15, 0.2) is 110 Å². The van der Waals surface area contributed by atoms with Crippen LogP contribution >= 0.6 is 0 Å². The van der Waals surface area contributed by atoms with Gasteiger partial charge in [0.15, 0.2) is 0 Å². The number of methoxy groups -OCH3 is 2. The quantitative estimate of drug-likeness (QED) is 0.124. The van der Waals surface area contributed by atoms with E-state index in [-0.39, 0.29) is 11.1 Å². The fourth-order valence-corrected chi connectivity index (χ4v) is 8.09. The third-order valence-corrected chi connectivity index (χ3v) is 11.0. The molecule has 7 aromatic rings. The molecule has 8 heteroatoms. The molecule has 0 spiro atoms. The van der Waals surface area contributed by atoms with E-state index in [4.69, 9.17) is 19.7 Å². The van der Waals surface area contributed by atoms with E-state index in [2.05, 4.69) is 91.8 Å². The summed E-state index contributed by atoms with van der Waals surface area (Å²) in [5.41, 5.74) is 11.7. The van der Waals surface area contributed by atoms with Gasteiger partial charge in [-0.2, -0.15) is 10.2 Å². The number of rotatable bonds is 12. The minimum atomic E-state index is -0.505. The first-order valence-electron chi connectivity index (χ1n) is 20.0. The van der Waals surface area contributed by atoms with Crippen LogP contribution in [-0.4, -0.2) is 33.8 Å². The minimum absolute atomic E-state index is 0.212. The van der Waals surface area contributed by atoms with Gasteiger partial charge in [0.1, 0.15) is 23.1 Å². The van der Waals surface area contributed by atoms with Gasteiger partial charge in [-0.15, -0.1) is 0 Å². The summed E-state index contributed by atoms with van der Waals surface area (Å²) in [6, 6.07) is 26.0. The van der Waals surface area contributed by atoms with Gasteiger partial charge in [0.2, 0.25) is 0 Å². The molecule has 58 heavy (non-hydrogen) atoms. The van der Waals surface area contributed by atoms with Gasteiger partial charge in [0.05, 0.1) is 38.0 Å². The maximum absolute atomic E-state index is 16.3. The Bertz CT molecular complexity index is 2370. The molecule has 0 aliphatic rings. The molecule has 6 nitrogen and oxygen atoms in total. The van der Waals surface area contributed by atoms with Gasteiger partial charge in [-0.1, -0.05) is 91.8 Å². The monoisotopic (exact) mass is 778 g/mol. The summed E-state index contributed by atoms with van der Waals surface area (Å²) in [6.45, 7) is 17.5. The molecule has 0 aliphatic heterocycles. The van der Waals surface area contributed by atoms with E-state index in [1.807, 2.05) is 24.8 Å². The van der Waals surface area contributed by atoms with Crippen molar-refractivity contribution < 1.29 is 18.3 Å². The second kappa shape index (κ2) is 16.5. The lowest BCUT2D eigenvalue weighted by atomic mass is 9.86. The van der Waals surface area contributed by atoms with Crippen molar-refractivity contribution >= 4 is 0 Å². The van der Waals surface area contributed by atoms with Crippen LogP contribution < -0.4 is 9.47 Å². The van der Waals surface area contributed by atoms with E-state index in [0.717, 1.165) is 11.1 Å². The Morgan fingerprint density at radius 2 is 0.810 bits per heavy atom. The molecule has 0 unspecified atom stereocenters. The van der Waals surface area contributed by atoms with Crippen LogP contribution in [0.5, 0.6) is 11.5 Å². The highest BCUT2D eigenvalue weighted by atomic mass is 19.1. The molecule has 0 fully saturated rings. The summed E-state index contributed by atoms with van der Waals surface area (Å²) in [5, 5.41) is 9.53. The molecule has 5 aromatic carbocycles. The summed E-state index contributed by atoms with van der Waals surface area (Å²) in [6.07, 6.45) is 7.69. The van der Waals surface area contributed by atoms with Crippen LogP contribution in [0.25, 0.3) is 55.9 Å². The molecule has 2 heterocycles. The van der Waals surface area contributed by atoms with E-state index >= 15 is 8.78 Å². The summed E-state index contributed by atoms with van der Waals surface area (Å²) in [4.78, 5) is 0. The average molecular weight is 779 g/mol. The van der Waals surface area contributed by atoms with Crippen molar-refractivity contribution in [3.8, 4) is 67.4 Å². The van der Waals surface area contributed by atoms with Crippen LogP contribution in [0.2, 0.25) is 0 Å². The summed E-state index contributed by atoms with van der Waals surface area (Å²) >= 11 is 0. The highest BCUT2D eigenvalue weighted by Crippen LogP contribution is 2.47. The lowest BCUT2D eigenvalue weighted by Crippen LogP contribution is -2.02. The number of halogens is 2. The Hall–Kier alpha value is -6.02. The fourth-order valence-electron chi connectivity index (χ4n) is 8.09. The Morgan fingerprint density at radius 3 is 1.12 bits per heavy atom. The van der Waals surface area contributed by atoms with Crippen molar-refractivity contribution in [2.75, 3.05) is 14.2 Å². The summed E-state index contributed by atoms with van der Waals surface area (Å²) in [5.74, 6) is 0.938. The van der Waals surface area contributed by atoms with E-state index in [1.54, 1.807) is 45.8 Å². The Labute approximate surface area is 341 Å². The van der Waals surface area contributed by atoms with Crippen LogP contribution in [0.3, 0.4) is 0 Å². The molecule has 0 aliphatic carbocycles. The van der Waals surface area contributed by atoms with Crippen molar-refractivity contribution in [3.63, 3.8) is 0 Å². The standard InChI is InChI=1S/C50H52F2N4O2/c1-29(2)37-13-11-14-38(30(3)4)47(37)33-25-53-55(27-33)35-17-19-43(51)41(23-35)49-45(57-9)21-22-46(58-10)50(49)42-24-36(18-20-44(42)52)56-28-34(26-54-56)48-39(31(5)6)15-12-16-40(48)32(7)8/h11-32H,1-10H3. The van der Waals surface area contributed by atoms with Crippen molar-refractivity contribution in [1.29, 1.82) is 0 Å². The first kappa shape index (κ1) is 40.2. The molecule has 0 amide bonds. The third-order valence-electron chi connectivity index (χ3n) is 11.0. The molecule has 0 saturated carbocycles. The second-order valence-electron chi connectivity index (χ2n) is 16.1. The molecule has 7 rings (SSSR count). The van der Waals surface area contributed by atoms with Gasteiger partial charge in [-0.05, 0) is 106 Å². The molecule has 0 bridgehead atoms. The zero-order chi connectivity index (χ0) is 41.4. The van der Waals surface area contributed by atoms with E-state index < -0.39 is 11.6 Å². The van der Waals surface area contributed by atoms with Crippen molar-refractivity contribution in [1.82, 2.24) is 19.6 Å². The van der Waals surface area contributed by atoms with Gasteiger partial charge in [0, 0.05) is 45.8 Å². The first-order chi connectivity index (χ1) is 27.8. The van der Waals surface area contributed by atoms with Crippen LogP contribution in [0.1, 0.15) is 101 Å². The number of aromatic nitrogens is 4. The van der Waals surface area contributed by atoms with Crippen LogP contribution in [0, 0.1) is 11.6 Å². The Morgan fingerprint density at radius 1 is 0.466 bits per heavy atom. The van der Waals surface area contributed by atoms with Gasteiger partial charge in [-0.25, -0.2) is 18.1 Å². The first-order valence-corrected chi connectivity index (χ1v) is 20.0. The number of benzene rings is 5. The molecule has 298 valence electrons. The van der Waals surface area contributed by atoms with Crippen molar-refractivity contribution in [2.45, 2.75) is 79.1 Å².